The van der Waals surface area contributed by atoms with Gasteiger partial charge in [0.2, 0.25) is 0 Å². The summed E-state index contributed by atoms with van der Waals surface area (Å²) in [5, 5.41) is 9.16. The highest BCUT2D eigenvalue weighted by molar-refractivity contribution is 8.01. The molecule has 15 heavy (non-hydrogen) atoms. The number of carbonyl (C=O) groups is 1. The van der Waals surface area contributed by atoms with Crippen molar-refractivity contribution in [1.82, 2.24) is 9.71 Å². The van der Waals surface area contributed by atoms with Crippen molar-refractivity contribution < 1.29 is 14.1 Å². The van der Waals surface area contributed by atoms with Gasteiger partial charge in [-0.1, -0.05) is 0 Å². The van der Waals surface area contributed by atoms with Crippen molar-refractivity contribution in [1.29, 1.82) is 0 Å². The number of rotatable bonds is 2. The van der Waals surface area contributed by atoms with Gasteiger partial charge in [-0.05, 0) is 28.7 Å². The highest BCUT2D eigenvalue weighted by Crippen LogP contribution is 2.19. The summed E-state index contributed by atoms with van der Waals surface area (Å²) in [4.78, 5) is 14.5. The highest BCUT2D eigenvalue weighted by atomic mass is 32.3. The van der Waals surface area contributed by atoms with Crippen molar-refractivity contribution >= 4 is 16.1 Å². The smallest absolute Gasteiger partial charge is 0.337 e. The number of thiol groups is 1. The molecular formula is C9H12N2O3S. The molecule has 0 amide bonds. The highest BCUT2D eigenvalue weighted by Gasteiger charge is 2.23. The molecule has 5 nitrogen and oxygen atoms in total. The number of carboxylic acid groups (broad SMARTS) is 1. The summed E-state index contributed by atoms with van der Waals surface area (Å²) in [6, 6.07) is 2.97. The molecule has 0 bridgehead atoms. The third kappa shape index (κ3) is 1.91. The maximum Gasteiger partial charge on any atom is 0.337 e. The average molecular weight is 228 g/mol. The van der Waals surface area contributed by atoms with Crippen LogP contribution in [0, 0.1) is 0 Å². The van der Waals surface area contributed by atoms with E-state index in [4.69, 9.17) is 5.11 Å². The molecule has 0 aromatic carbocycles. The largest absolute Gasteiger partial charge is 0.478 e. The molecule has 1 fully saturated rings. The van der Waals surface area contributed by atoms with Crippen molar-refractivity contribution in [3.8, 4) is 0 Å². The van der Waals surface area contributed by atoms with Gasteiger partial charge < -0.3 is 5.11 Å². The van der Waals surface area contributed by atoms with Gasteiger partial charge in [-0.25, -0.2) is 9.78 Å². The van der Waals surface area contributed by atoms with Crippen molar-refractivity contribution in [2.75, 3.05) is 12.3 Å². The molecule has 2 heterocycles. The molecule has 0 atom stereocenters. The predicted octanol–water partition coefficient (Wildman–Crippen LogP) is 0.0637. The number of carboxylic acids is 1. The SMILES string of the molecule is O=C(O)c1ccc([SH]2(=O)CCCN2)nc1. The third-order valence-corrected chi connectivity index (χ3v) is 5.07. The molecule has 1 saturated heterocycles. The first-order valence-corrected chi connectivity index (χ1v) is 6.55. The van der Waals surface area contributed by atoms with Crippen molar-refractivity contribution in [2.24, 2.45) is 0 Å². The number of nitrogens with one attached hydrogen (secondary N) is 1. The number of aromatic nitrogens is 1. The van der Waals surface area contributed by atoms with Crippen LogP contribution in [0.1, 0.15) is 16.8 Å². The Morgan fingerprint density at radius 3 is 2.80 bits per heavy atom. The minimum atomic E-state index is -2.53. The Labute approximate surface area is 88.1 Å². The normalized spacial score (nSPS) is 21.1. The first-order valence-electron chi connectivity index (χ1n) is 4.66. The Kier molecular flexibility index (Phi) is 2.54. The Hall–Kier alpha value is -1.27. The molecule has 2 N–H and O–H groups in total. The van der Waals surface area contributed by atoms with E-state index in [9.17, 15) is 9.00 Å². The van der Waals surface area contributed by atoms with Crippen molar-refractivity contribution in [3.63, 3.8) is 0 Å². The van der Waals surface area contributed by atoms with Gasteiger partial charge >= 0.3 is 5.97 Å². The van der Waals surface area contributed by atoms with E-state index >= 15 is 0 Å². The zero-order valence-electron chi connectivity index (χ0n) is 8.01. The maximum absolute atomic E-state index is 12.2. The number of nitrogens with zero attached hydrogens (tertiary/aromatic N) is 1. The van der Waals surface area contributed by atoms with E-state index in [1.54, 1.807) is 0 Å². The zero-order valence-corrected chi connectivity index (χ0v) is 8.91. The predicted molar refractivity (Wildman–Crippen MR) is 56.5 cm³/mol. The lowest BCUT2D eigenvalue weighted by molar-refractivity contribution is 0.0696. The van der Waals surface area contributed by atoms with Crippen LogP contribution in [0.25, 0.3) is 0 Å². The lowest BCUT2D eigenvalue weighted by Crippen LogP contribution is -2.27. The van der Waals surface area contributed by atoms with Crippen LogP contribution in [-0.4, -0.2) is 32.6 Å². The summed E-state index contributed by atoms with van der Waals surface area (Å²) in [7, 11) is -2.53. The summed E-state index contributed by atoms with van der Waals surface area (Å²) >= 11 is 0. The van der Waals surface area contributed by atoms with Crippen LogP contribution < -0.4 is 4.72 Å². The molecule has 0 spiro atoms. The number of aromatic carboxylic acids is 1. The first-order chi connectivity index (χ1) is 7.12. The topological polar surface area (TPSA) is 79.3 Å². The third-order valence-electron chi connectivity index (χ3n) is 2.38. The summed E-state index contributed by atoms with van der Waals surface area (Å²) in [6.07, 6.45) is 2.12. The summed E-state index contributed by atoms with van der Waals surface area (Å²) < 4.78 is 15.1. The second kappa shape index (κ2) is 3.71. The van der Waals surface area contributed by atoms with E-state index < -0.39 is 16.1 Å². The molecule has 1 aromatic heterocycles. The van der Waals surface area contributed by atoms with Crippen LogP contribution in [-0.2, 0) is 10.1 Å². The van der Waals surface area contributed by atoms with E-state index in [-0.39, 0.29) is 5.56 Å². The lowest BCUT2D eigenvalue weighted by atomic mass is 10.3. The second-order valence-electron chi connectivity index (χ2n) is 3.44. The Morgan fingerprint density at radius 1 is 1.53 bits per heavy atom. The first kappa shape index (κ1) is 10.3. The van der Waals surface area contributed by atoms with Crippen LogP contribution in [0.4, 0.5) is 0 Å². The Morgan fingerprint density at radius 2 is 2.33 bits per heavy atom. The Balaban J connectivity index is 2.31. The number of pyridine rings is 1. The summed E-state index contributed by atoms with van der Waals surface area (Å²) in [6.45, 7) is 0.736. The molecule has 2 rings (SSSR count). The van der Waals surface area contributed by atoms with Crippen LogP contribution in [0.3, 0.4) is 0 Å². The molecule has 0 aliphatic carbocycles. The van der Waals surface area contributed by atoms with Crippen LogP contribution in [0.5, 0.6) is 0 Å². The van der Waals surface area contributed by atoms with E-state index in [0.29, 0.717) is 10.8 Å². The van der Waals surface area contributed by atoms with E-state index in [1.807, 2.05) is 0 Å². The number of hydrogen-bond acceptors (Lipinski definition) is 3. The van der Waals surface area contributed by atoms with E-state index in [0.717, 1.165) is 13.0 Å². The standard InChI is InChI=1S/C9H12N2O3S/c12-9(13)7-2-3-8(10-6-7)15(14)5-1-4-11-15/h2-3,6,15H,1,4-5H2,(H,11,14)(H,12,13). The summed E-state index contributed by atoms with van der Waals surface area (Å²) in [5.41, 5.74) is 0.115. The van der Waals surface area contributed by atoms with Gasteiger partial charge in [-0.15, -0.1) is 0 Å². The minimum absolute atomic E-state index is 0.115. The van der Waals surface area contributed by atoms with Crippen molar-refractivity contribution in [2.45, 2.75) is 11.4 Å². The maximum atomic E-state index is 12.2. The monoisotopic (exact) mass is 228 g/mol. The van der Waals surface area contributed by atoms with Gasteiger partial charge in [0.15, 0.2) is 0 Å². The summed E-state index contributed by atoms with van der Waals surface area (Å²) in [5.74, 6) is -0.418. The molecule has 1 aliphatic rings. The average Bonchev–Trinajstić information content (AvgIpc) is 2.67. The van der Waals surface area contributed by atoms with Crippen molar-refractivity contribution in [3.05, 3.63) is 23.9 Å². The van der Waals surface area contributed by atoms with Crippen LogP contribution in [0.15, 0.2) is 23.4 Å². The van der Waals surface area contributed by atoms with Crippen LogP contribution >= 0.6 is 0 Å². The van der Waals surface area contributed by atoms with Gasteiger partial charge in [-0.3, -0.25) is 8.93 Å². The molecule has 0 unspecified atom stereocenters. The quantitative estimate of drug-likeness (QED) is 0.626. The van der Waals surface area contributed by atoms with Gasteiger partial charge in [-0.2, -0.15) is 0 Å². The fourth-order valence-electron chi connectivity index (χ4n) is 1.56. The minimum Gasteiger partial charge on any atom is -0.478 e. The second-order valence-corrected chi connectivity index (χ2v) is 6.14. The van der Waals surface area contributed by atoms with Gasteiger partial charge in [0.25, 0.3) is 0 Å². The number of hydrogen-bond donors (Lipinski definition) is 3. The molecule has 0 saturated carbocycles. The molecule has 1 aliphatic heterocycles. The van der Waals surface area contributed by atoms with Crippen LogP contribution in [0.2, 0.25) is 0 Å². The molecule has 6 heteroatoms. The fraction of sp³-hybridized carbons (Fsp3) is 0.333. The molecule has 0 radical (unpaired) electrons. The fourth-order valence-corrected chi connectivity index (χ4v) is 3.79. The van der Waals surface area contributed by atoms with Gasteiger partial charge in [0, 0.05) is 18.5 Å². The van der Waals surface area contributed by atoms with Gasteiger partial charge in [0.1, 0.15) is 5.03 Å². The molecule has 1 aromatic rings. The van der Waals surface area contributed by atoms with Gasteiger partial charge in [0.05, 0.1) is 5.56 Å². The van der Waals surface area contributed by atoms with E-state index in [2.05, 4.69) is 9.71 Å². The van der Waals surface area contributed by atoms with E-state index in [1.165, 1.54) is 18.3 Å². The Bertz CT molecular complexity index is 419. The molecular weight excluding hydrogens is 216 g/mol. The molecule has 82 valence electrons. The zero-order chi connectivity index (χ0) is 10.9. The lowest BCUT2D eigenvalue weighted by Gasteiger charge is -2.16.